The molecular formula is C27H28N2O4. The standard InChI is InChI=1S/C27H28N2O4/c1-17-21-5-3-4-6-23(21)28-18(2)22(17)16-26(30)29-11-9-19(10-12-29)27(31)20-7-8-24-25(15-20)33-14-13-32-24/h3-8,15,19H,9-14,16H2,1-2H3. The molecule has 0 radical (unpaired) electrons. The normalized spacial score (nSPS) is 16.1. The van der Waals surface area contributed by atoms with Crippen molar-refractivity contribution in [1.29, 1.82) is 0 Å². The molecule has 0 N–H and O–H groups in total. The summed E-state index contributed by atoms with van der Waals surface area (Å²) in [5, 5.41) is 1.09. The summed E-state index contributed by atoms with van der Waals surface area (Å²) in [7, 11) is 0. The number of pyridine rings is 1. The number of ketones is 1. The number of piperidine rings is 1. The number of nitrogens with zero attached hydrogens (tertiary/aromatic N) is 2. The predicted molar refractivity (Wildman–Crippen MR) is 126 cm³/mol. The average molecular weight is 445 g/mol. The fourth-order valence-corrected chi connectivity index (χ4v) is 4.92. The summed E-state index contributed by atoms with van der Waals surface area (Å²) in [5.74, 6) is 1.46. The molecule has 0 unspecified atom stereocenters. The first-order valence-corrected chi connectivity index (χ1v) is 11.6. The molecule has 1 amide bonds. The quantitative estimate of drug-likeness (QED) is 0.562. The summed E-state index contributed by atoms with van der Waals surface area (Å²) >= 11 is 0. The van der Waals surface area contributed by atoms with E-state index in [1.54, 1.807) is 6.07 Å². The van der Waals surface area contributed by atoms with Crippen LogP contribution in [0.25, 0.3) is 10.9 Å². The van der Waals surface area contributed by atoms with Gasteiger partial charge in [0.15, 0.2) is 17.3 Å². The Morgan fingerprint density at radius 3 is 2.52 bits per heavy atom. The lowest BCUT2D eigenvalue weighted by Gasteiger charge is -2.32. The molecule has 2 aliphatic rings. The highest BCUT2D eigenvalue weighted by Crippen LogP contribution is 2.33. The van der Waals surface area contributed by atoms with E-state index in [9.17, 15) is 9.59 Å². The van der Waals surface area contributed by atoms with E-state index in [0.717, 1.165) is 27.7 Å². The summed E-state index contributed by atoms with van der Waals surface area (Å²) in [4.78, 5) is 32.7. The van der Waals surface area contributed by atoms with Crippen LogP contribution in [0.15, 0.2) is 42.5 Å². The van der Waals surface area contributed by atoms with Gasteiger partial charge in [-0.1, -0.05) is 18.2 Å². The van der Waals surface area contributed by atoms with E-state index in [4.69, 9.17) is 14.5 Å². The maximum absolute atomic E-state index is 13.1. The molecule has 2 aliphatic heterocycles. The number of rotatable bonds is 4. The van der Waals surface area contributed by atoms with Crippen molar-refractivity contribution in [2.75, 3.05) is 26.3 Å². The van der Waals surface area contributed by atoms with E-state index >= 15 is 0 Å². The molecule has 1 saturated heterocycles. The van der Waals surface area contributed by atoms with Crippen molar-refractivity contribution in [3.8, 4) is 11.5 Å². The monoisotopic (exact) mass is 444 g/mol. The van der Waals surface area contributed by atoms with Crippen molar-refractivity contribution in [3.05, 3.63) is 64.8 Å². The second-order valence-electron chi connectivity index (χ2n) is 8.87. The number of benzene rings is 2. The minimum absolute atomic E-state index is 0.0811. The maximum atomic E-state index is 13.1. The van der Waals surface area contributed by atoms with E-state index in [0.29, 0.717) is 62.6 Å². The molecule has 0 spiro atoms. The van der Waals surface area contributed by atoms with Crippen molar-refractivity contribution < 1.29 is 19.1 Å². The van der Waals surface area contributed by atoms with Crippen LogP contribution in [0.2, 0.25) is 0 Å². The van der Waals surface area contributed by atoms with Gasteiger partial charge in [-0.05, 0) is 62.1 Å². The number of hydrogen-bond donors (Lipinski definition) is 0. The fraction of sp³-hybridized carbons (Fsp3) is 0.370. The zero-order chi connectivity index (χ0) is 22.9. The van der Waals surface area contributed by atoms with Crippen LogP contribution in [-0.4, -0.2) is 47.9 Å². The Hall–Kier alpha value is -3.41. The van der Waals surface area contributed by atoms with E-state index in [2.05, 4.69) is 13.0 Å². The number of likely N-dealkylation sites (tertiary alicyclic amines) is 1. The molecule has 0 bridgehead atoms. The summed E-state index contributed by atoms with van der Waals surface area (Å²) in [6.07, 6.45) is 1.69. The second kappa shape index (κ2) is 8.85. The molecule has 6 nitrogen and oxygen atoms in total. The van der Waals surface area contributed by atoms with Gasteiger partial charge in [0.05, 0.1) is 11.9 Å². The summed E-state index contributed by atoms with van der Waals surface area (Å²) in [5.41, 5.74) is 4.64. The number of Topliss-reactive ketones (excluding diaryl/α,β-unsaturated/α-hetero) is 1. The highest BCUT2D eigenvalue weighted by molar-refractivity contribution is 5.98. The summed E-state index contributed by atoms with van der Waals surface area (Å²) in [6, 6.07) is 13.4. The molecule has 33 heavy (non-hydrogen) atoms. The number of carbonyl (C=O) groups is 2. The van der Waals surface area contributed by atoms with E-state index in [1.807, 2.05) is 42.2 Å². The molecule has 2 aromatic carbocycles. The van der Waals surface area contributed by atoms with Crippen LogP contribution in [-0.2, 0) is 11.2 Å². The zero-order valence-corrected chi connectivity index (χ0v) is 19.1. The Labute approximate surface area is 193 Å². The third kappa shape index (κ3) is 4.17. The number of aromatic nitrogens is 1. The van der Waals surface area contributed by atoms with Crippen molar-refractivity contribution >= 4 is 22.6 Å². The zero-order valence-electron chi connectivity index (χ0n) is 19.1. The molecule has 6 heteroatoms. The van der Waals surface area contributed by atoms with Crippen molar-refractivity contribution in [3.63, 3.8) is 0 Å². The second-order valence-corrected chi connectivity index (χ2v) is 8.87. The Morgan fingerprint density at radius 2 is 1.73 bits per heavy atom. The first-order valence-electron chi connectivity index (χ1n) is 11.6. The number of fused-ring (bicyclic) bond motifs is 2. The van der Waals surface area contributed by atoms with Gasteiger partial charge in [-0.2, -0.15) is 0 Å². The molecular weight excluding hydrogens is 416 g/mol. The maximum Gasteiger partial charge on any atom is 0.227 e. The van der Waals surface area contributed by atoms with Gasteiger partial charge in [-0.15, -0.1) is 0 Å². The third-order valence-corrected chi connectivity index (χ3v) is 6.86. The number of carbonyl (C=O) groups excluding carboxylic acids is 2. The third-order valence-electron chi connectivity index (χ3n) is 6.86. The van der Waals surface area contributed by atoms with Crippen LogP contribution < -0.4 is 9.47 Å². The van der Waals surface area contributed by atoms with Crippen molar-refractivity contribution in [2.24, 2.45) is 5.92 Å². The number of amides is 1. The molecule has 1 fully saturated rings. The molecule has 0 aliphatic carbocycles. The smallest absolute Gasteiger partial charge is 0.227 e. The van der Waals surface area contributed by atoms with Gasteiger partial charge in [0, 0.05) is 35.7 Å². The Morgan fingerprint density at radius 1 is 1.00 bits per heavy atom. The topological polar surface area (TPSA) is 68.7 Å². The first kappa shape index (κ1) is 21.4. The summed E-state index contributed by atoms with van der Waals surface area (Å²) < 4.78 is 11.2. The molecule has 3 aromatic rings. The van der Waals surface area contributed by atoms with Gasteiger partial charge in [-0.25, -0.2) is 0 Å². The van der Waals surface area contributed by atoms with E-state index in [-0.39, 0.29) is 17.6 Å². The minimum atomic E-state index is -0.0811. The van der Waals surface area contributed by atoms with Crippen LogP contribution in [0.3, 0.4) is 0 Å². The van der Waals surface area contributed by atoms with Crippen LogP contribution in [0, 0.1) is 19.8 Å². The van der Waals surface area contributed by atoms with Crippen molar-refractivity contribution in [2.45, 2.75) is 33.1 Å². The van der Waals surface area contributed by atoms with Crippen LogP contribution in [0.5, 0.6) is 11.5 Å². The van der Waals surface area contributed by atoms with Crippen LogP contribution in [0.4, 0.5) is 0 Å². The van der Waals surface area contributed by atoms with Gasteiger partial charge < -0.3 is 14.4 Å². The lowest BCUT2D eigenvalue weighted by molar-refractivity contribution is -0.131. The number of para-hydroxylation sites is 1. The Balaban J connectivity index is 1.24. The molecule has 0 atom stereocenters. The van der Waals surface area contributed by atoms with Crippen LogP contribution in [0.1, 0.15) is 40.0 Å². The van der Waals surface area contributed by atoms with Gasteiger partial charge in [0.25, 0.3) is 0 Å². The lowest BCUT2D eigenvalue weighted by atomic mass is 9.88. The number of hydrogen-bond acceptors (Lipinski definition) is 5. The molecule has 1 aromatic heterocycles. The molecule has 170 valence electrons. The average Bonchev–Trinajstić information content (AvgIpc) is 2.85. The highest BCUT2D eigenvalue weighted by atomic mass is 16.6. The van der Waals surface area contributed by atoms with Gasteiger partial charge in [0.1, 0.15) is 13.2 Å². The van der Waals surface area contributed by atoms with Gasteiger partial charge >= 0.3 is 0 Å². The molecule has 3 heterocycles. The largest absolute Gasteiger partial charge is 0.486 e. The number of ether oxygens (including phenoxy) is 2. The van der Waals surface area contributed by atoms with Crippen LogP contribution >= 0.6 is 0 Å². The Bertz CT molecular complexity index is 1230. The van der Waals surface area contributed by atoms with E-state index in [1.165, 1.54) is 0 Å². The predicted octanol–water partition coefficient (Wildman–Crippen LogP) is 4.29. The molecule has 0 saturated carbocycles. The first-order chi connectivity index (χ1) is 16.0. The van der Waals surface area contributed by atoms with Gasteiger partial charge in [-0.3, -0.25) is 14.6 Å². The summed E-state index contributed by atoms with van der Waals surface area (Å²) in [6.45, 7) is 6.26. The lowest BCUT2D eigenvalue weighted by Crippen LogP contribution is -2.41. The molecule has 5 rings (SSSR count). The van der Waals surface area contributed by atoms with Crippen molar-refractivity contribution in [1.82, 2.24) is 9.88 Å². The van der Waals surface area contributed by atoms with Gasteiger partial charge in [0.2, 0.25) is 5.91 Å². The Kier molecular flexibility index (Phi) is 5.75. The number of aryl methyl sites for hydroxylation is 2. The van der Waals surface area contributed by atoms with E-state index < -0.39 is 0 Å². The SMILES string of the molecule is Cc1nc2ccccc2c(C)c1CC(=O)N1CCC(C(=O)c2ccc3c(c2)OCCO3)CC1. The minimum Gasteiger partial charge on any atom is -0.486 e. The fourth-order valence-electron chi connectivity index (χ4n) is 4.92. The highest BCUT2D eigenvalue weighted by Gasteiger charge is 2.29.